The fourth-order valence-corrected chi connectivity index (χ4v) is 2.94. The topological polar surface area (TPSA) is 40.5 Å². The van der Waals surface area contributed by atoms with Crippen LogP contribution in [0.3, 0.4) is 0 Å². The first-order valence-corrected chi connectivity index (χ1v) is 5.75. The number of rotatable bonds is 1. The highest BCUT2D eigenvalue weighted by Crippen LogP contribution is 2.68. The number of carbonyl (C=O) groups excluding carboxylic acids is 1. The molecule has 1 aliphatic heterocycles. The number of likely N-dealkylation sites (tertiary alicyclic amines) is 1. The van der Waals surface area contributed by atoms with Crippen LogP contribution < -0.4 is 0 Å². The van der Waals surface area contributed by atoms with Crippen LogP contribution in [-0.2, 0) is 4.79 Å². The zero-order chi connectivity index (χ0) is 11.4. The van der Waals surface area contributed by atoms with Gasteiger partial charge in [-0.2, -0.15) is 0 Å². The van der Waals surface area contributed by atoms with E-state index < -0.39 is 0 Å². The van der Waals surface area contributed by atoms with E-state index in [1.54, 1.807) is 0 Å². The van der Waals surface area contributed by atoms with Gasteiger partial charge in [0.25, 0.3) is 0 Å². The maximum absolute atomic E-state index is 12.2. The SMILES string of the molecule is CC1(C)C(C(=O)N2CCC(O)C2)C1(C)C. The summed E-state index contributed by atoms with van der Waals surface area (Å²) in [6.45, 7) is 9.87. The van der Waals surface area contributed by atoms with Gasteiger partial charge < -0.3 is 10.0 Å². The molecule has 15 heavy (non-hydrogen) atoms. The highest BCUT2D eigenvalue weighted by atomic mass is 16.3. The van der Waals surface area contributed by atoms with Gasteiger partial charge >= 0.3 is 0 Å². The standard InChI is InChI=1S/C12H21NO2/c1-11(2)9(12(11,3)4)10(15)13-6-5-8(14)7-13/h8-9,14H,5-7H2,1-4H3. The third-order valence-corrected chi connectivity index (χ3v) is 4.74. The van der Waals surface area contributed by atoms with Crippen molar-refractivity contribution < 1.29 is 9.90 Å². The van der Waals surface area contributed by atoms with Gasteiger partial charge in [-0.25, -0.2) is 0 Å². The van der Waals surface area contributed by atoms with Gasteiger partial charge in [0, 0.05) is 19.0 Å². The molecule has 0 radical (unpaired) electrons. The minimum absolute atomic E-state index is 0.109. The van der Waals surface area contributed by atoms with Crippen molar-refractivity contribution in [3.63, 3.8) is 0 Å². The lowest BCUT2D eigenvalue weighted by Crippen LogP contribution is -2.32. The predicted molar refractivity (Wildman–Crippen MR) is 58.3 cm³/mol. The van der Waals surface area contributed by atoms with E-state index in [1.807, 2.05) is 4.90 Å². The summed E-state index contributed by atoms with van der Waals surface area (Å²) in [6.07, 6.45) is 0.429. The van der Waals surface area contributed by atoms with E-state index in [4.69, 9.17) is 0 Å². The molecule has 86 valence electrons. The molecule has 3 nitrogen and oxygen atoms in total. The van der Waals surface area contributed by atoms with Crippen LogP contribution in [0, 0.1) is 16.7 Å². The van der Waals surface area contributed by atoms with Crippen molar-refractivity contribution in [3.05, 3.63) is 0 Å². The van der Waals surface area contributed by atoms with Gasteiger partial charge in [-0.05, 0) is 17.3 Å². The van der Waals surface area contributed by atoms with Gasteiger partial charge in [-0.3, -0.25) is 4.79 Å². The molecule has 1 saturated heterocycles. The molecule has 0 aromatic heterocycles. The first-order chi connectivity index (χ1) is 6.78. The molecule has 0 aromatic carbocycles. The maximum atomic E-state index is 12.2. The van der Waals surface area contributed by atoms with E-state index in [1.165, 1.54) is 0 Å². The Labute approximate surface area is 91.5 Å². The number of amides is 1. The van der Waals surface area contributed by atoms with Crippen molar-refractivity contribution in [2.45, 2.75) is 40.2 Å². The summed E-state index contributed by atoms with van der Waals surface area (Å²) in [4.78, 5) is 14.0. The molecule has 1 aliphatic carbocycles. The number of nitrogens with zero attached hydrogens (tertiary/aromatic N) is 1. The Morgan fingerprint density at radius 1 is 1.27 bits per heavy atom. The van der Waals surface area contributed by atoms with Gasteiger partial charge in [0.05, 0.1) is 6.10 Å². The van der Waals surface area contributed by atoms with Crippen LogP contribution in [0.4, 0.5) is 0 Å². The normalized spacial score (nSPS) is 33.1. The smallest absolute Gasteiger partial charge is 0.226 e. The first kappa shape index (κ1) is 10.9. The Morgan fingerprint density at radius 3 is 2.13 bits per heavy atom. The van der Waals surface area contributed by atoms with Gasteiger partial charge in [0.15, 0.2) is 0 Å². The Kier molecular flexibility index (Phi) is 2.16. The molecule has 3 heteroatoms. The molecular weight excluding hydrogens is 190 g/mol. The average Bonchev–Trinajstić information content (AvgIpc) is 2.49. The third kappa shape index (κ3) is 1.40. The van der Waals surface area contributed by atoms with Crippen LogP contribution in [-0.4, -0.2) is 35.1 Å². The van der Waals surface area contributed by atoms with E-state index in [0.29, 0.717) is 6.54 Å². The van der Waals surface area contributed by atoms with Crippen LogP contribution in [0.25, 0.3) is 0 Å². The van der Waals surface area contributed by atoms with Crippen LogP contribution >= 0.6 is 0 Å². The second-order valence-corrected chi connectivity index (χ2v) is 6.10. The van der Waals surface area contributed by atoms with Gasteiger partial charge in [-0.1, -0.05) is 27.7 Å². The molecule has 1 atom stereocenters. The second kappa shape index (κ2) is 2.97. The number of hydrogen-bond donors (Lipinski definition) is 1. The molecule has 1 heterocycles. The molecule has 2 rings (SSSR count). The lowest BCUT2D eigenvalue weighted by Gasteiger charge is -2.16. The maximum Gasteiger partial charge on any atom is 0.226 e. The summed E-state index contributed by atoms with van der Waals surface area (Å²) < 4.78 is 0. The van der Waals surface area contributed by atoms with Crippen LogP contribution in [0.1, 0.15) is 34.1 Å². The van der Waals surface area contributed by atoms with E-state index in [0.717, 1.165) is 13.0 Å². The molecule has 2 fully saturated rings. The summed E-state index contributed by atoms with van der Waals surface area (Å²) in [5.41, 5.74) is 0.218. The van der Waals surface area contributed by atoms with Crippen LogP contribution in [0.15, 0.2) is 0 Å². The summed E-state index contributed by atoms with van der Waals surface area (Å²) in [5.74, 6) is 0.372. The second-order valence-electron chi connectivity index (χ2n) is 6.10. The Hall–Kier alpha value is -0.570. The van der Waals surface area contributed by atoms with Crippen molar-refractivity contribution in [3.8, 4) is 0 Å². The number of hydrogen-bond acceptors (Lipinski definition) is 2. The Balaban J connectivity index is 2.05. The van der Waals surface area contributed by atoms with Crippen LogP contribution in [0.5, 0.6) is 0 Å². The highest BCUT2D eigenvalue weighted by Gasteiger charge is 2.68. The van der Waals surface area contributed by atoms with E-state index in [9.17, 15) is 9.90 Å². The number of carbonyl (C=O) groups is 1. The molecule has 1 saturated carbocycles. The molecule has 1 amide bonds. The average molecular weight is 211 g/mol. The van der Waals surface area contributed by atoms with Crippen molar-refractivity contribution in [2.75, 3.05) is 13.1 Å². The van der Waals surface area contributed by atoms with E-state index in [2.05, 4.69) is 27.7 Å². The number of β-amino-alcohol motifs (C(OH)–C–C–N with tert-alkyl or cyclic N) is 1. The van der Waals surface area contributed by atoms with Crippen molar-refractivity contribution in [2.24, 2.45) is 16.7 Å². The monoisotopic (exact) mass is 211 g/mol. The third-order valence-electron chi connectivity index (χ3n) is 4.74. The van der Waals surface area contributed by atoms with Crippen LogP contribution in [0.2, 0.25) is 0 Å². The molecule has 1 N–H and O–H groups in total. The largest absolute Gasteiger partial charge is 0.391 e. The zero-order valence-corrected chi connectivity index (χ0v) is 10.1. The zero-order valence-electron chi connectivity index (χ0n) is 10.1. The Morgan fingerprint density at radius 2 is 1.80 bits per heavy atom. The molecule has 2 aliphatic rings. The molecule has 0 bridgehead atoms. The van der Waals surface area contributed by atoms with E-state index in [-0.39, 0.29) is 28.8 Å². The quantitative estimate of drug-likeness (QED) is 0.709. The molecule has 0 spiro atoms. The fourth-order valence-electron chi connectivity index (χ4n) is 2.94. The summed E-state index contributed by atoms with van der Waals surface area (Å²) in [6, 6.07) is 0. The molecule has 1 unspecified atom stereocenters. The van der Waals surface area contributed by atoms with Gasteiger partial charge in [0.2, 0.25) is 5.91 Å². The lowest BCUT2D eigenvalue weighted by atomic mass is 10.0. The lowest BCUT2D eigenvalue weighted by molar-refractivity contribution is -0.133. The van der Waals surface area contributed by atoms with Gasteiger partial charge in [-0.15, -0.1) is 0 Å². The summed E-state index contributed by atoms with van der Waals surface area (Å²) in [5, 5.41) is 9.42. The Bertz CT molecular complexity index is 282. The highest BCUT2D eigenvalue weighted by molar-refractivity contribution is 5.84. The van der Waals surface area contributed by atoms with Crippen molar-refractivity contribution >= 4 is 5.91 Å². The minimum Gasteiger partial charge on any atom is -0.391 e. The first-order valence-electron chi connectivity index (χ1n) is 5.75. The minimum atomic E-state index is -0.307. The molecule has 0 aromatic rings. The number of aliphatic hydroxyl groups is 1. The predicted octanol–water partition coefficient (Wildman–Crippen LogP) is 1.26. The van der Waals surface area contributed by atoms with Gasteiger partial charge in [0.1, 0.15) is 0 Å². The molecular formula is C12H21NO2. The van der Waals surface area contributed by atoms with Crippen molar-refractivity contribution in [1.82, 2.24) is 4.90 Å². The summed E-state index contributed by atoms with van der Waals surface area (Å²) >= 11 is 0. The van der Waals surface area contributed by atoms with Crippen molar-refractivity contribution in [1.29, 1.82) is 0 Å². The summed E-state index contributed by atoms with van der Waals surface area (Å²) in [7, 11) is 0. The van der Waals surface area contributed by atoms with E-state index >= 15 is 0 Å². The number of aliphatic hydroxyl groups excluding tert-OH is 1. The fraction of sp³-hybridized carbons (Fsp3) is 0.917.